The number of thiol groups is 1. The molecule has 1 rings (SSSR count). The third-order valence-electron chi connectivity index (χ3n) is 2.09. The van der Waals surface area contributed by atoms with Crippen molar-refractivity contribution < 1.29 is 5.11 Å². The van der Waals surface area contributed by atoms with Gasteiger partial charge in [0.25, 0.3) is 0 Å². The smallest absolute Gasteiger partial charge is 0.122 e. The molecule has 0 radical (unpaired) electrons. The fourth-order valence-electron chi connectivity index (χ4n) is 1.33. The van der Waals surface area contributed by atoms with Crippen molar-refractivity contribution in [1.29, 1.82) is 0 Å². The van der Waals surface area contributed by atoms with Crippen LogP contribution in [0.3, 0.4) is 0 Å². The predicted molar refractivity (Wildman–Crippen MR) is 58.8 cm³/mol. The molecule has 0 saturated carbocycles. The molecule has 13 heavy (non-hydrogen) atoms. The van der Waals surface area contributed by atoms with Crippen LogP contribution in [0.15, 0.2) is 17.0 Å². The van der Waals surface area contributed by atoms with Crippen LogP contribution in [0.1, 0.15) is 31.9 Å². The second-order valence-electron chi connectivity index (χ2n) is 4.41. The third kappa shape index (κ3) is 2.19. The zero-order valence-corrected chi connectivity index (χ0v) is 9.44. The lowest BCUT2D eigenvalue weighted by molar-refractivity contribution is 0.442. The van der Waals surface area contributed by atoms with E-state index in [1.165, 1.54) is 0 Å². The Morgan fingerprint density at radius 2 is 1.77 bits per heavy atom. The second kappa shape index (κ2) is 3.26. The van der Waals surface area contributed by atoms with Gasteiger partial charge in [-0.3, -0.25) is 0 Å². The molecule has 1 N–H and O–H groups in total. The summed E-state index contributed by atoms with van der Waals surface area (Å²) in [6.07, 6.45) is 0. The van der Waals surface area contributed by atoms with Gasteiger partial charge in [0.2, 0.25) is 0 Å². The molecule has 1 nitrogen and oxygen atoms in total. The molecule has 0 unspecified atom stereocenters. The van der Waals surface area contributed by atoms with E-state index in [0.29, 0.717) is 5.75 Å². The van der Waals surface area contributed by atoms with Gasteiger partial charge in [0.1, 0.15) is 5.75 Å². The Hall–Kier alpha value is -0.630. The number of hydrogen-bond donors (Lipinski definition) is 2. The zero-order valence-electron chi connectivity index (χ0n) is 8.55. The Balaban J connectivity index is 3.37. The van der Waals surface area contributed by atoms with E-state index < -0.39 is 0 Å². The first-order valence-corrected chi connectivity index (χ1v) is 4.80. The van der Waals surface area contributed by atoms with Crippen LogP contribution in [-0.4, -0.2) is 5.11 Å². The molecule has 0 spiro atoms. The molecule has 0 aromatic heterocycles. The quantitative estimate of drug-likeness (QED) is 0.610. The van der Waals surface area contributed by atoms with E-state index in [9.17, 15) is 5.11 Å². The maximum absolute atomic E-state index is 9.82. The highest BCUT2D eigenvalue weighted by Crippen LogP contribution is 2.34. The van der Waals surface area contributed by atoms with Crippen molar-refractivity contribution in [3.05, 3.63) is 23.3 Å². The van der Waals surface area contributed by atoms with Crippen LogP contribution < -0.4 is 0 Å². The molecule has 0 heterocycles. The minimum atomic E-state index is -0.0341. The van der Waals surface area contributed by atoms with Gasteiger partial charge in [-0.25, -0.2) is 0 Å². The highest BCUT2D eigenvalue weighted by Gasteiger charge is 2.19. The van der Waals surface area contributed by atoms with Crippen LogP contribution in [0.2, 0.25) is 0 Å². The maximum Gasteiger partial charge on any atom is 0.122 e. The average Bonchev–Trinajstić information content (AvgIpc) is 1.94. The molecule has 0 amide bonds. The van der Waals surface area contributed by atoms with Gasteiger partial charge in [-0.2, -0.15) is 0 Å². The third-order valence-corrected chi connectivity index (χ3v) is 2.35. The molecule has 1 aromatic rings. The molecule has 72 valence electrons. The van der Waals surface area contributed by atoms with E-state index in [4.69, 9.17) is 0 Å². The topological polar surface area (TPSA) is 20.2 Å². The largest absolute Gasteiger partial charge is 0.507 e. The number of rotatable bonds is 0. The summed E-state index contributed by atoms with van der Waals surface area (Å²) in [6.45, 7) is 8.13. The summed E-state index contributed by atoms with van der Waals surface area (Å²) in [5.74, 6) is 0.394. The van der Waals surface area contributed by atoms with Gasteiger partial charge in [-0.05, 0) is 30.0 Å². The molecule has 0 bridgehead atoms. The van der Waals surface area contributed by atoms with E-state index in [1.54, 1.807) is 0 Å². The normalized spacial score (nSPS) is 11.8. The van der Waals surface area contributed by atoms with Crippen molar-refractivity contribution >= 4 is 12.6 Å². The minimum Gasteiger partial charge on any atom is -0.507 e. The van der Waals surface area contributed by atoms with Gasteiger partial charge in [-0.1, -0.05) is 20.8 Å². The lowest BCUT2D eigenvalue weighted by atomic mass is 9.85. The highest BCUT2D eigenvalue weighted by atomic mass is 32.1. The SMILES string of the molecule is Cc1cc(S)cc(C(C)(C)C)c1O. The number of aryl methyl sites for hydroxylation is 1. The number of hydrogen-bond acceptors (Lipinski definition) is 2. The summed E-state index contributed by atoms with van der Waals surface area (Å²) in [7, 11) is 0. The van der Waals surface area contributed by atoms with Crippen molar-refractivity contribution in [2.45, 2.75) is 38.0 Å². The fraction of sp³-hybridized carbons (Fsp3) is 0.455. The van der Waals surface area contributed by atoms with E-state index in [1.807, 2.05) is 19.1 Å². The molecule has 2 heteroatoms. The van der Waals surface area contributed by atoms with Crippen LogP contribution in [0.4, 0.5) is 0 Å². The zero-order chi connectivity index (χ0) is 10.2. The number of aromatic hydroxyl groups is 1. The molecule has 0 saturated heterocycles. The molecule has 0 aliphatic carbocycles. The van der Waals surface area contributed by atoms with Gasteiger partial charge < -0.3 is 5.11 Å². The number of phenolic OH excluding ortho intramolecular Hbond substituents is 1. The lowest BCUT2D eigenvalue weighted by Gasteiger charge is -2.21. The van der Waals surface area contributed by atoms with Crippen molar-refractivity contribution in [1.82, 2.24) is 0 Å². The highest BCUT2D eigenvalue weighted by molar-refractivity contribution is 7.80. The van der Waals surface area contributed by atoms with E-state index >= 15 is 0 Å². The Bertz CT molecular complexity index is 324. The van der Waals surface area contributed by atoms with Gasteiger partial charge in [0, 0.05) is 10.5 Å². The van der Waals surface area contributed by atoms with Crippen LogP contribution in [0.25, 0.3) is 0 Å². The van der Waals surface area contributed by atoms with Gasteiger partial charge in [0.05, 0.1) is 0 Å². The standard InChI is InChI=1S/C11H16OS/c1-7-5-8(13)6-9(10(7)12)11(2,3)4/h5-6,12-13H,1-4H3. The monoisotopic (exact) mass is 196 g/mol. The van der Waals surface area contributed by atoms with E-state index in [0.717, 1.165) is 16.0 Å². The Kier molecular flexibility index (Phi) is 2.62. The van der Waals surface area contributed by atoms with Gasteiger partial charge in [0.15, 0.2) is 0 Å². The fourth-order valence-corrected chi connectivity index (χ4v) is 1.65. The van der Waals surface area contributed by atoms with Crippen molar-refractivity contribution in [2.24, 2.45) is 0 Å². The van der Waals surface area contributed by atoms with Crippen LogP contribution in [-0.2, 0) is 5.41 Å². The summed E-state index contributed by atoms with van der Waals surface area (Å²) in [4.78, 5) is 0.903. The van der Waals surface area contributed by atoms with Crippen LogP contribution in [0.5, 0.6) is 5.75 Å². The first-order valence-electron chi connectivity index (χ1n) is 4.35. The number of phenols is 1. The first kappa shape index (κ1) is 10.5. The van der Waals surface area contributed by atoms with E-state index in [2.05, 4.69) is 33.4 Å². The molecular formula is C11H16OS. The molecule has 1 aromatic carbocycles. The van der Waals surface area contributed by atoms with Crippen LogP contribution >= 0.6 is 12.6 Å². The maximum atomic E-state index is 9.82. The second-order valence-corrected chi connectivity index (χ2v) is 4.93. The summed E-state index contributed by atoms with van der Waals surface area (Å²) < 4.78 is 0. The molecule has 0 aliphatic heterocycles. The molecule has 0 aliphatic rings. The van der Waals surface area contributed by atoms with E-state index in [-0.39, 0.29) is 5.41 Å². The average molecular weight is 196 g/mol. The Morgan fingerprint density at radius 3 is 2.23 bits per heavy atom. The molecule has 0 fully saturated rings. The lowest BCUT2D eigenvalue weighted by Crippen LogP contribution is -2.11. The van der Waals surface area contributed by atoms with Crippen molar-refractivity contribution in [3.8, 4) is 5.75 Å². The summed E-state index contributed by atoms with van der Waals surface area (Å²) in [5.41, 5.74) is 1.81. The van der Waals surface area contributed by atoms with Crippen LogP contribution in [0, 0.1) is 6.92 Å². The van der Waals surface area contributed by atoms with Gasteiger partial charge in [-0.15, -0.1) is 12.6 Å². The molecule has 0 atom stereocenters. The predicted octanol–water partition coefficient (Wildman–Crippen LogP) is 3.29. The van der Waals surface area contributed by atoms with Crippen molar-refractivity contribution in [3.63, 3.8) is 0 Å². The number of benzene rings is 1. The Morgan fingerprint density at radius 1 is 1.23 bits per heavy atom. The van der Waals surface area contributed by atoms with Crippen molar-refractivity contribution in [2.75, 3.05) is 0 Å². The summed E-state index contributed by atoms with van der Waals surface area (Å²) >= 11 is 4.29. The summed E-state index contributed by atoms with van der Waals surface area (Å²) in [5, 5.41) is 9.82. The minimum absolute atomic E-state index is 0.0341. The Labute approximate surface area is 85.2 Å². The molecular weight excluding hydrogens is 180 g/mol. The summed E-state index contributed by atoms with van der Waals surface area (Å²) in [6, 6.07) is 3.79. The first-order chi connectivity index (χ1) is 5.82. The van der Waals surface area contributed by atoms with Gasteiger partial charge >= 0.3 is 0 Å².